The molecule has 0 radical (unpaired) electrons. The summed E-state index contributed by atoms with van der Waals surface area (Å²) in [7, 11) is 1.70. The van der Waals surface area contributed by atoms with E-state index in [4.69, 9.17) is 9.47 Å². The topological polar surface area (TPSA) is 30.5 Å². The smallest absolute Gasteiger partial charge is 0.165 e. The van der Waals surface area contributed by atoms with Crippen molar-refractivity contribution in [1.29, 1.82) is 0 Å². The molecule has 0 unspecified atom stereocenters. The molecule has 1 N–H and O–H groups in total. The number of hydrogen-bond donors (Lipinski definition) is 1. The molecule has 1 aromatic carbocycles. The van der Waals surface area contributed by atoms with Gasteiger partial charge in [-0.1, -0.05) is 38.3 Å². The summed E-state index contributed by atoms with van der Waals surface area (Å²) in [5.74, 6) is 2.59. The summed E-state index contributed by atoms with van der Waals surface area (Å²) >= 11 is 0. The third kappa shape index (κ3) is 4.92. The predicted molar refractivity (Wildman–Crippen MR) is 87.1 cm³/mol. The van der Waals surface area contributed by atoms with Crippen molar-refractivity contribution >= 4 is 0 Å². The van der Waals surface area contributed by atoms with Gasteiger partial charge < -0.3 is 14.8 Å². The lowest BCUT2D eigenvalue weighted by Gasteiger charge is -2.22. The van der Waals surface area contributed by atoms with Crippen LogP contribution >= 0.6 is 0 Å². The Morgan fingerprint density at radius 2 is 2.00 bits per heavy atom. The molecule has 0 bridgehead atoms. The summed E-state index contributed by atoms with van der Waals surface area (Å²) < 4.78 is 11.3. The number of methoxy groups -OCH3 is 1. The Morgan fingerprint density at radius 3 is 2.71 bits per heavy atom. The number of ether oxygens (including phenoxy) is 2. The quantitative estimate of drug-likeness (QED) is 0.780. The molecule has 21 heavy (non-hydrogen) atoms. The highest BCUT2D eigenvalue weighted by atomic mass is 16.5. The zero-order valence-electron chi connectivity index (χ0n) is 13.5. The maximum absolute atomic E-state index is 5.89. The highest BCUT2D eigenvalue weighted by Gasteiger charge is 2.14. The second-order valence-electron chi connectivity index (χ2n) is 5.93. The Labute approximate surface area is 129 Å². The Kier molecular flexibility index (Phi) is 6.87. The lowest BCUT2D eigenvalue weighted by Crippen LogP contribution is -2.24. The van der Waals surface area contributed by atoms with Crippen LogP contribution in [0.4, 0.5) is 0 Å². The largest absolute Gasteiger partial charge is 0.493 e. The summed E-state index contributed by atoms with van der Waals surface area (Å²) in [6, 6.07) is 6.13. The van der Waals surface area contributed by atoms with Gasteiger partial charge in [0.2, 0.25) is 0 Å². The molecule has 1 fully saturated rings. The Morgan fingerprint density at radius 1 is 1.19 bits per heavy atom. The normalized spacial score (nSPS) is 15.9. The maximum Gasteiger partial charge on any atom is 0.165 e. The molecular formula is C18H29NO2. The number of rotatable bonds is 8. The molecule has 1 saturated carbocycles. The minimum Gasteiger partial charge on any atom is -0.493 e. The van der Waals surface area contributed by atoms with Crippen LogP contribution in [-0.4, -0.2) is 20.3 Å². The van der Waals surface area contributed by atoms with Crippen molar-refractivity contribution < 1.29 is 9.47 Å². The van der Waals surface area contributed by atoms with Crippen molar-refractivity contribution in [3.63, 3.8) is 0 Å². The highest BCUT2D eigenvalue weighted by Crippen LogP contribution is 2.31. The molecule has 1 aliphatic rings. The van der Waals surface area contributed by atoms with Gasteiger partial charge in [-0.05, 0) is 37.8 Å². The first-order valence-corrected chi connectivity index (χ1v) is 8.34. The van der Waals surface area contributed by atoms with Crippen LogP contribution in [0.3, 0.4) is 0 Å². The fraction of sp³-hybridized carbons (Fsp3) is 0.667. The van der Waals surface area contributed by atoms with Crippen LogP contribution in [0, 0.1) is 5.92 Å². The van der Waals surface area contributed by atoms with E-state index in [1.54, 1.807) is 7.11 Å². The van der Waals surface area contributed by atoms with Crippen LogP contribution in [-0.2, 0) is 6.54 Å². The summed E-state index contributed by atoms with van der Waals surface area (Å²) in [6.07, 6.45) is 7.98. The van der Waals surface area contributed by atoms with Crippen LogP contribution in [0.25, 0.3) is 0 Å². The number of hydrogen-bond acceptors (Lipinski definition) is 3. The summed E-state index contributed by atoms with van der Waals surface area (Å²) in [4.78, 5) is 0. The van der Waals surface area contributed by atoms with Gasteiger partial charge >= 0.3 is 0 Å². The van der Waals surface area contributed by atoms with E-state index in [0.29, 0.717) is 0 Å². The Balaban J connectivity index is 1.91. The molecule has 0 spiro atoms. The maximum atomic E-state index is 5.89. The molecule has 3 heteroatoms. The van der Waals surface area contributed by atoms with Gasteiger partial charge in [-0.2, -0.15) is 0 Å². The van der Waals surface area contributed by atoms with Crippen LogP contribution in [0.1, 0.15) is 51.0 Å². The summed E-state index contributed by atoms with van der Waals surface area (Å²) in [5.41, 5.74) is 1.19. The average molecular weight is 291 g/mol. The molecule has 0 heterocycles. The fourth-order valence-corrected chi connectivity index (χ4v) is 3.03. The second-order valence-corrected chi connectivity index (χ2v) is 5.93. The van der Waals surface area contributed by atoms with Crippen molar-refractivity contribution in [3.8, 4) is 11.5 Å². The Bertz CT molecular complexity index is 414. The first-order valence-electron chi connectivity index (χ1n) is 8.34. The van der Waals surface area contributed by atoms with Crippen molar-refractivity contribution in [1.82, 2.24) is 5.32 Å². The SMILES string of the molecule is CCCOc1c(CNCC2CCCCC2)cccc1OC. The molecule has 0 saturated heterocycles. The van der Waals surface area contributed by atoms with Crippen molar-refractivity contribution in [2.75, 3.05) is 20.3 Å². The van der Waals surface area contributed by atoms with Gasteiger partial charge in [-0.25, -0.2) is 0 Å². The number of para-hydroxylation sites is 1. The minimum absolute atomic E-state index is 0.732. The van der Waals surface area contributed by atoms with E-state index in [-0.39, 0.29) is 0 Å². The van der Waals surface area contributed by atoms with Gasteiger partial charge in [0.15, 0.2) is 11.5 Å². The van der Waals surface area contributed by atoms with Crippen molar-refractivity contribution in [2.45, 2.75) is 52.0 Å². The molecule has 1 aromatic rings. The predicted octanol–water partition coefficient (Wildman–Crippen LogP) is 4.15. The van der Waals surface area contributed by atoms with Crippen LogP contribution in [0.2, 0.25) is 0 Å². The van der Waals surface area contributed by atoms with E-state index in [0.717, 1.165) is 43.5 Å². The molecule has 0 atom stereocenters. The molecule has 0 aliphatic heterocycles. The highest BCUT2D eigenvalue weighted by molar-refractivity contribution is 5.46. The zero-order valence-corrected chi connectivity index (χ0v) is 13.5. The molecule has 1 aliphatic carbocycles. The van der Waals surface area contributed by atoms with E-state index in [9.17, 15) is 0 Å². The number of benzene rings is 1. The standard InChI is InChI=1S/C18H29NO2/c1-3-12-21-18-16(10-7-11-17(18)20-2)14-19-13-15-8-5-4-6-9-15/h7,10-11,15,19H,3-6,8-9,12-14H2,1-2H3. The first kappa shape index (κ1) is 16.2. The average Bonchev–Trinajstić information content (AvgIpc) is 2.54. The van der Waals surface area contributed by atoms with Crippen LogP contribution < -0.4 is 14.8 Å². The molecule has 0 amide bonds. The van der Waals surface area contributed by atoms with Crippen molar-refractivity contribution in [2.24, 2.45) is 5.92 Å². The third-order valence-electron chi connectivity index (χ3n) is 4.20. The Hall–Kier alpha value is -1.22. The summed E-state index contributed by atoms with van der Waals surface area (Å²) in [6.45, 7) is 4.82. The molecule has 2 rings (SSSR count). The zero-order chi connectivity index (χ0) is 14.9. The van der Waals surface area contributed by atoms with E-state index in [1.165, 1.54) is 37.7 Å². The van der Waals surface area contributed by atoms with Gasteiger partial charge in [0.25, 0.3) is 0 Å². The number of nitrogens with one attached hydrogen (secondary N) is 1. The van der Waals surface area contributed by atoms with E-state index >= 15 is 0 Å². The van der Waals surface area contributed by atoms with Gasteiger partial charge in [-0.3, -0.25) is 0 Å². The van der Waals surface area contributed by atoms with Gasteiger partial charge in [0.1, 0.15) is 0 Å². The summed E-state index contributed by atoms with van der Waals surface area (Å²) in [5, 5.41) is 3.60. The molecule has 3 nitrogen and oxygen atoms in total. The molecule has 118 valence electrons. The fourth-order valence-electron chi connectivity index (χ4n) is 3.03. The van der Waals surface area contributed by atoms with Crippen LogP contribution in [0.15, 0.2) is 18.2 Å². The molecular weight excluding hydrogens is 262 g/mol. The van der Waals surface area contributed by atoms with Gasteiger partial charge in [-0.15, -0.1) is 0 Å². The first-order chi connectivity index (χ1) is 10.3. The second kappa shape index (κ2) is 8.93. The van der Waals surface area contributed by atoms with Crippen LogP contribution in [0.5, 0.6) is 11.5 Å². The van der Waals surface area contributed by atoms with E-state index in [1.807, 2.05) is 12.1 Å². The lowest BCUT2D eigenvalue weighted by atomic mass is 9.89. The molecule has 0 aromatic heterocycles. The lowest BCUT2D eigenvalue weighted by molar-refractivity contribution is 0.289. The van der Waals surface area contributed by atoms with Gasteiger partial charge in [0, 0.05) is 12.1 Å². The van der Waals surface area contributed by atoms with Gasteiger partial charge in [0.05, 0.1) is 13.7 Å². The van der Waals surface area contributed by atoms with E-state index in [2.05, 4.69) is 18.3 Å². The van der Waals surface area contributed by atoms with E-state index < -0.39 is 0 Å². The van der Waals surface area contributed by atoms with Crippen molar-refractivity contribution in [3.05, 3.63) is 23.8 Å². The monoisotopic (exact) mass is 291 g/mol. The third-order valence-corrected chi connectivity index (χ3v) is 4.20. The minimum atomic E-state index is 0.732.